The van der Waals surface area contributed by atoms with Crippen molar-refractivity contribution >= 4 is 41.5 Å². The minimum atomic E-state index is -5.08. The number of aromatic carboxylic acids is 1. The van der Waals surface area contributed by atoms with Crippen molar-refractivity contribution in [1.82, 2.24) is 9.80 Å². The van der Waals surface area contributed by atoms with Crippen LogP contribution in [0.3, 0.4) is 0 Å². The zero-order valence-corrected chi connectivity index (χ0v) is 23.5. The summed E-state index contributed by atoms with van der Waals surface area (Å²) >= 11 is 1.38. The molecule has 5 rings (SSSR count). The zero-order valence-electron chi connectivity index (χ0n) is 22.7. The Morgan fingerprint density at radius 3 is 2.23 bits per heavy atom. The number of amides is 2. The van der Waals surface area contributed by atoms with Gasteiger partial charge in [0.05, 0.1) is 17.2 Å². The number of rotatable bonds is 7. The number of allylic oxidation sites excluding steroid dienone is 1. The molecule has 0 radical (unpaired) electrons. The fraction of sp³-hybridized carbons (Fsp3) is 0.286. The first-order valence-corrected chi connectivity index (χ1v) is 14.0. The molecule has 2 atom stereocenters. The number of fused-ring (bicyclic) bond motifs is 1. The van der Waals surface area contributed by atoms with Gasteiger partial charge in [0, 0.05) is 42.1 Å². The van der Waals surface area contributed by atoms with Crippen LogP contribution in [0.2, 0.25) is 0 Å². The van der Waals surface area contributed by atoms with Gasteiger partial charge >= 0.3 is 18.1 Å². The summed E-state index contributed by atoms with van der Waals surface area (Å²) in [5, 5.41) is 27.5. The molecule has 2 amide bonds. The average Bonchev–Trinajstić information content (AvgIpc) is 3.31. The third-order valence-corrected chi connectivity index (χ3v) is 8.26. The van der Waals surface area contributed by atoms with Crippen molar-refractivity contribution in [3.05, 3.63) is 88.4 Å². The first kappa shape index (κ1) is 32.2. The molecule has 1 aromatic carbocycles. The van der Waals surface area contributed by atoms with Crippen molar-refractivity contribution in [2.24, 2.45) is 5.73 Å². The largest absolute Gasteiger partial charge is 0.543 e. The van der Waals surface area contributed by atoms with Crippen LogP contribution in [0, 0.1) is 0 Å². The van der Waals surface area contributed by atoms with Gasteiger partial charge in [-0.2, -0.15) is 13.2 Å². The Kier molecular flexibility index (Phi) is 9.44. The summed E-state index contributed by atoms with van der Waals surface area (Å²) in [5.41, 5.74) is 8.63. The summed E-state index contributed by atoms with van der Waals surface area (Å²) in [7, 11) is 0. The Labute approximate surface area is 251 Å². The number of carboxylic acid groups (broad SMARTS) is 3. The first-order valence-electron chi connectivity index (χ1n) is 12.9. The van der Waals surface area contributed by atoms with Gasteiger partial charge in [-0.25, -0.2) is 14.2 Å². The van der Waals surface area contributed by atoms with E-state index in [0.717, 1.165) is 16.0 Å². The molecule has 44 heavy (non-hydrogen) atoms. The zero-order chi connectivity index (χ0) is 32.3. The number of likely N-dealkylation sites (tertiary alicyclic amines) is 1. The molecule has 4 N–H and O–H groups in total. The molecule has 4 heterocycles. The summed E-state index contributed by atoms with van der Waals surface area (Å²) in [6, 6.07) is 9.83. The van der Waals surface area contributed by atoms with Crippen LogP contribution in [0.1, 0.15) is 27.9 Å². The van der Waals surface area contributed by atoms with E-state index in [1.54, 1.807) is 35.2 Å². The maximum atomic E-state index is 13.0. The maximum Gasteiger partial charge on any atom is 0.490 e. The van der Waals surface area contributed by atoms with Crippen LogP contribution < -0.4 is 15.4 Å². The van der Waals surface area contributed by atoms with Gasteiger partial charge in [0.15, 0.2) is 18.9 Å². The smallest absolute Gasteiger partial charge is 0.490 e. The maximum absolute atomic E-state index is 13.0. The van der Waals surface area contributed by atoms with Gasteiger partial charge in [-0.05, 0) is 35.8 Å². The van der Waals surface area contributed by atoms with Crippen LogP contribution in [0.5, 0.6) is 0 Å². The highest BCUT2D eigenvalue weighted by molar-refractivity contribution is 8.00. The van der Waals surface area contributed by atoms with E-state index in [9.17, 15) is 37.5 Å². The monoisotopic (exact) mass is 634 g/mol. The van der Waals surface area contributed by atoms with E-state index in [2.05, 4.69) is 0 Å². The number of thioether (sulfide) groups is 1. The predicted octanol–water partition coefficient (Wildman–Crippen LogP) is 0.259. The number of hydrogen-bond donors (Lipinski definition) is 3. The van der Waals surface area contributed by atoms with Gasteiger partial charge in [0.1, 0.15) is 11.4 Å². The molecule has 0 saturated carbocycles. The number of aliphatic carboxylic acids is 2. The first-order chi connectivity index (χ1) is 20.7. The highest BCUT2D eigenvalue weighted by Crippen LogP contribution is 2.40. The van der Waals surface area contributed by atoms with Gasteiger partial charge < -0.3 is 30.7 Å². The van der Waals surface area contributed by atoms with Crippen LogP contribution in [-0.4, -0.2) is 79.6 Å². The topological polar surface area (TPSA) is 185 Å². The number of nitrogens with zero attached hydrogens (tertiary/aromatic N) is 3. The summed E-state index contributed by atoms with van der Waals surface area (Å²) in [6.45, 7) is 1.49. The van der Waals surface area contributed by atoms with Crippen molar-refractivity contribution in [2.45, 2.75) is 37.1 Å². The van der Waals surface area contributed by atoms with Gasteiger partial charge in [-0.3, -0.25) is 14.5 Å². The summed E-state index contributed by atoms with van der Waals surface area (Å²) in [5.74, 6) is -5.46. The lowest BCUT2D eigenvalue weighted by Gasteiger charge is -2.49. The third kappa shape index (κ3) is 7.08. The number of carbonyl (C=O) groups excluding carboxylic acids is 3. The number of carboxylic acids is 3. The van der Waals surface area contributed by atoms with E-state index in [4.69, 9.17) is 20.7 Å². The third-order valence-electron chi connectivity index (χ3n) is 6.94. The summed E-state index contributed by atoms with van der Waals surface area (Å²) in [6.07, 6.45) is 0.782. The SMILES string of the molecule is N[C@@H]1C(=O)N2C(C(=O)[O-])=C(C=C3CCN(Cc4cc[n+](Cc5ccc(C(=O)O)cc5)cc4)C3=O)CS[C@H]12.O=C(O)C(F)(F)F. The Morgan fingerprint density at radius 2 is 1.68 bits per heavy atom. The average molecular weight is 635 g/mol. The number of β-lactam (4-membered cyclic amide) rings is 1. The molecular formula is C28H25F3N4O8S. The van der Waals surface area contributed by atoms with Crippen molar-refractivity contribution in [3.8, 4) is 0 Å². The normalized spacial score (nSPS) is 20.6. The fourth-order valence-corrected chi connectivity index (χ4v) is 5.94. The van der Waals surface area contributed by atoms with Crippen molar-refractivity contribution < 1.29 is 57.0 Å². The number of benzene rings is 1. The van der Waals surface area contributed by atoms with Crippen LogP contribution in [0.15, 0.2) is 71.7 Å². The molecule has 2 aromatic rings. The van der Waals surface area contributed by atoms with Crippen molar-refractivity contribution in [2.75, 3.05) is 12.3 Å². The van der Waals surface area contributed by atoms with Crippen LogP contribution in [0.4, 0.5) is 13.2 Å². The predicted molar refractivity (Wildman–Crippen MR) is 144 cm³/mol. The Balaban J connectivity index is 0.000000566. The van der Waals surface area contributed by atoms with Crippen LogP contribution in [-0.2, 0) is 32.3 Å². The lowest BCUT2D eigenvalue weighted by molar-refractivity contribution is -0.688. The number of aromatic nitrogens is 1. The number of pyridine rings is 1. The van der Waals surface area contributed by atoms with Crippen molar-refractivity contribution in [1.29, 1.82) is 0 Å². The van der Waals surface area contributed by atoms with E-state index in [-0.39, 0.29) is 17.2 Å². The molecule has 3 aliphatic heterocycles. The molecule has 0 aliphatic carbocycles. The second kappa shape index (κ2) is 12.9. The molecule has 1 aromatic heterocycles. The molecule has 2 saturated heterocycles. The molecule has 232 valence electrons. The van der Waals surface area contributed by atoms with E-state index < -0.39 is 41.4 Å². The second-order valence-corrected chi connectivity index (χ2v) is 11.0. The highest BCUT2D eigenvalue weighted by atomic mass is 32.2. The van der Waals surface area contributed by atoms with Gasteiger partial charge in [0.25, 0.3) is 0 Å². The van der Waals surface area contributed by atoms with E-state index in [1.165, 1.54) is 11.8 Å². The Hall–Kier alpha value is -4.70. The van der Waals surface area contributed by atoms with Crippen LogP contribution >= 0.6 is 11.8 Å². The molecule has 12 nitrogen and oxygen atoms in total. The quantitative estimate of drug-likeness (QED) is 0.217. The Morgan fingerprint density at radius 1 is 1.07 bits per heavy atom. The molecule has 3 aliphatic rings. The fourth-order valence-electron chi connectivity index (χ4n) is 4.68. The van der Waals surface area contributed by atoms with Crippen LogP contribution in [0.25, 0.3) is 0 Å². The lowest BCUT2D eigenvalue weighted by Crippen LogP contribution is -2.69. The number of nitrogens with two attached hydrogens (primary N) is 1. The number of carbonyl (C=O) groups is 5. The Bertz CT molecular complexity index is 1560. The highest BCUT2D eigenvalue weighted by Gasteiger charge is 2.50. The number of halogens is 3. The summed E-state index contributed by atoms with van der Waals surface area (Å²) in [4.78, 5) is 59.7. The number of hydrogen-bond acceptors (Lipinski definition) is 8. The van der Waals surface area contributed by atoms with Crippen molar-refractivity contribution in [3.63, 3.8) is 0 Å². The number of alkyl halides is 3. The van der Waals surface area contributed by atoms with E-state index >= 15 is 0 Å². The molecular weight excluding hydrogens is 609 g/mol. The van der Waals surface area contributed by atoms with Gasteiger partial charge in [-0.1, -0.05) is 12.1 Å². The molecule has 16 heteroatoms. The van der Waals surface area contributed by atoms with E-state index in [0.29, 0.717) is 43.0 Å². The lowest BCUT2D eigenvalue weighted by atomic mass is 10.0. The standard InChI is InChI=1S/C26H24N4O6S.C2HF3O2/c27-20-23(32)30-21(26(35)36)19(14-37-24(20)30)11-18-7-10-29(22(18)31)13-16-5-8-28(9-6-16)12-15-1-3-17(4-2-15)25(33)34;3-2(4,5)1(6)7/h1-6,8-9,11,20,24H,7,10,12-14,27H2,(H-,33,34,35,36);(H,6,7)/t20-,24-;/m1./s1. The molecule has 0 unspecified atom stereocenters. The minimum absolute atomic E-state index is 0.167. The minimum Gasteiger partial charge on any atom is -0.543 e. The molecule has 0 bridgehead atoms. The van der Waals surface area contributed by atoms with Gasteiger partial charge in [-0.15, -0.1) is 11.8 Å². The van der Waals surface area contributed by atoms with E-state index in [1.807, 2.05) is 29.1 Å². The molecule has 0 spiro atoms. The second-order valence-electron chi connectivity index (χ2n) is 9.93. The van der Waals surface area contributed by atoms with Gasteiger partial charge in [0.2, 0.25) is 11.8 Å². The summed E-state index contributed by atoms with van der Waals surface area (Å²) < 4.78 is 33.7. The molecule has 2 fully saturated rings.